The molecule has 0 aliphatic carbocycles. The maximum absolute atomic E-state index is 12.4. The fourth-order valence-corrected chi connectivity index (χ4v) is 2.89. The number of benzene rings is 1. The summed E-state index contributed by atoms with van der Waals surface area (Å²) in [6.45, 7) is 0.486. The molecule has 3 aromatic rings. The maximum atomic E-state index is 12.4. The molecule has 0 aliphatic rings. The van der Waals surface area contributed by atoms with E-state index in [0.29, 0.717) is 35.1 Å². The number of nitrogens with two attached hydrogens (primary N) is 1. The first kappa shape index (κ1) is 14.1. The molecule has 0 radical (unpaired) electrons. The maximum Gasteiger partial charge on any atom is 0.297 e. The Morgan fingerprint density at radius 2 is 2.00 bits per heavy atom. The van der Waals surface area contributed by atoms with Gasteiger partial charge in [-0.3, -0.25) is 4.79 Å². The second kappa shape index (κ2) is 5.88. The normalized spacial score (nSPS) is 11.1. The van der Waals surface area contributed by atoms with E-state index in [1.165, 1.54) is 15.9 Å². The molecular weight excluding hydrogens is 310 g/mol. The van der Waals surface area contributed by atoms with Crippen LogP contribution in [0.25, 0.3) is 4.96 Å². The SMILES string of the molecule is NCCc1nn2c(=O)c(Cc3ccc(Cl)cc3)nnc2s1. The fraction of sp³-hybridized carbons (Fsp3) is 0.231. The van der Waals surface area contributed by atoms with Crippen molar-refractivity contribution in [1.29, 1.82) is 0 Å². The Morgan fingerprint density at radius 3 is 2.71 bits per heavy atom. The number of hydrogen-bond donors (Lipinski definition) is 1. The fourth-order valence-electron chi connectivity index (χ4n) is 1.92. The number of nitrogens with zero attached hydrogens (tertiary/aromatic N) is 4. The van der Waals surface area contributed by atoms with E-state index in [1.807, 2.05) is 12.1 Å². The minimum absolute atomic E-state index is 0.241. The molecule has 108 valence electrons. The van der Waals surface area contributed by atoms with Crippen LogP contribution in [-0.2, 0) is 12.8 Å². The zero-order valence-corrected chi connectivity index (χ0v) is 12.6. The molecule has 21 heavy (non-hydrogen) atoms. The van der Waals surface area contributed by atoms with E-state index >= 15 is 0 Å². The second-order valence-corrected chi connectivity index (χ2v) is 5.96. The predicted molar refractivity (Wildman–Crippen MR) is 81.9 cm³/mol. The summed E-state index contributed by atoms with van der Waals surface area (Å²) in [5.41, 5.74) is 6.56. The van der Waals surface area contributed by atoms with E-state index in [1.54, 1.807) is 12.1 Å². The van der Waals surface area contributed by atoms with Gasteiger partial charge in [0.05, 0.1) is 0 Å². The van der Waals surface area contributed by atoms with E-state index in [9.17, 15) is 4.79 Å². The van der Waals surface area contributed by atoms with Gasteiger partial charge in [-0.2, -0.15) is 9.61 Å². The Labute approximate surface area is 129 Å². The Hall–Kier alpha value is -1.83. The van der Waals surface area contributed by atoms with Crippen molar-refractivity contribution in [2.45, 2.75) is 12.8 Å². The molecule has 0 saturated heterocycles. The summed E-state index contributed by atoms with van der Waals surface area (Å²) in [5.74, 6) is 0. The molecule has 1 aromatic carbocycles. The van der Waals surface area contributed by atoms with Crippen molar-refractivity contribution in [3.05, 3.63) is 55.9 Å². The molecule has 0 spiro atoms. The first-order valence-corrected chi connectivity index (χ1v) is 7.55. The highest BCUT2D eigenvalue weighted by Gasteiger charge is 2.12. The van der Waals surface area contributed by atoms with Crippen LogP contribution in [0.15, 0.2) is 29.1 Å². The average molecular weight is 322 g/mol. The van der Waals surface area contributed by atoms with Gasteiger partial charge in [0.15, 0.2) is 0 Å². The van der Waals surface area contributed by atoms with Gasteiger partial charge >= 0.3 is 0 Å². The van der Waals surface area contributed by atoms with Crippen LogP contribution in [0.1, 0.15) is 16.3 Å². The number of fused-ring (bicyclic) bond motifs is 1. The van der Waals surface area contributed by atoms with E-state index in [2.05, 4.69) is 15.3 Å². The van der Waals surface area contributed by atoms with Crippen LogP contribution in [0.2, 0.25) is 5.02 Å². The van der Waals surface area contributed by atoms with Crippen LogP contribution in [0, 0.1) is 0 Å². The summed E-state index contributed by atoms with van der Waals surface area (Å²) < 4.78 is 1.30. The Morgan fingerprint density at radius 1 is 1.24 bits per heavy atom. The molecular formula is C13H12ClN5OS. The highest BCUT2D eigenvalue weighted by Crippen LogP contribution is 2.13. The Kier molecular flexibility index (Phi) is 3.96. The molecule has 2 N–H and O–H groups in total. The van der Waals surface area contributed by atoms with Crippen molar-refractivity contribution >= 4 is 27.9 Å². The highest BCUT2D eigenvalue weighted by molar-refractivity contribution is 7.16. The van der Waals surface area contributed by atoms with Crippen LogP contribution < -0.4 is 11.3 Å². The van der Waals surface area contributed by atoms with Crippen LogP contribution in [0.4, 0.5) is 0 Å². The van der Waals surface area contributed by atoms with Gasteiger partial charge in [0, 0.05) is 17.9 Å². The molecule has 0 bridgehead atoms. The van der Waals surface area contributed by atoms with Crippen LogP contribution in [0.5, 0.6) is 0 Å². The monoisotopic (exact) mass is 321 g/mol. The molecule has 0 saturated carbocycles. The third kappa shape index (κ3) is 2.94. The van der Waals surface area contributed by atoms with Crippen molar-refractivity contribution in [1.82, 2.24) is 19.8 Å². The number of hydrogen-bond acceptors (Lipinski definition) is 6. The predicted octanol–water partition coefficient (Wildman–Crippen LogP) is 1.29. The first-order chi connectivity index (χ1) is 10.2. The molecule has 0 amide bonds. The summed E-state index contributed by atoms with van der Waals surface area (Å²) in [6.07, 6.45) is 1.02. The zero-order chi connectivity index (χ0) is 14.8. The molecule has 2 aromatic heterocycles. The van der Waals surface area contributed by atoms with Gasteiger partial charge in [-0.25, -0.2) is 0 Å². The molecule has 8 heteroatoms. The molecule has 0 fully saturated rings. The third-order valence-electron chi connectivity index (χ3n) is 2.94. The van der Waals surface area contributed by atoms with Gasteiger partial charge in [0.25, 0.3) is 5.56 Å². The van der Waals surface area contributed by atoms with Gasteiger partial charge in [-0.1, -0.05) is 35.1 Å². The zero-order valence-electron chi connectivity index (χ0n) is 11.0. The van der Waals surface area contributed by atoms with E-state index in [-0.39, 0.29) is 5.56 Å². The lowest BCUT2D eigenvalue weighted by molar-refractivity contribution is 0.785. The standard InChI is InChI=1S/C13H12ClN5OS/c14-9-3-1-8(2-4-9)7-10-12(20)19-13(17-16-10)21-11(18-19)5-6-15/h1-4H,5-7,15H2. The number of rotatable bonds is 4. The topological polar surface area (TPSA) is 86.2 Å². The van der Waals surface area contributed by atoms with Gasteiger partial charge < -0.3 is 5.73 Å². The molecule has 0 atom stereocenters. The Balaban J connectivity index is 1.97. The number of aromatic nitrogens is 4. The molecule has 6 nitrogen and oxygen atoms in total. The minimum atomic E-state index is -0.241. The van der Waals surface area contributed by atoms with Gasteiger partial charge in [-0.05, 0) is 24.2 Å². The molecule has 0 unspecified atom stereocenters. The summed E-state index contributed by atoms with van der Waals surface area (Å²) >= 11 is 7.18. The van der Waals surface area contributed by atoms with Crippen LogP contribution in [-0.4, -0.2) is 26.4 Å². The van der Waals surface area contributed by atoms with Crippen molar-refractivity contribution in [2.24, 2.45) is 5.73 Å². The molecule has 0 aliphatic heterocycles. The first-order valence-electron chi connectivity index (χ1n) is 6.36. The van der Waals surface area contributed by atoms with Gasteiger partial charge in [-0.15, -0.1) is 10.2 Å². The summed E-state index contributed by atoms with van der Waals surface area (Å²) in [6, 6.07) is 7.28. The van der Waals surface area contributed by atoms with Crippen molar-refractivity contribution < 1.29 is 0 Å². The van der Waals surface area contributed by atoms with Crippen molar-refractivity contribution in [3.8, 4) is 0 Å². The molecule has 2 heterocycles. The van der Waals surface area contributed by atoms with Crippen LogP contribution >= 0.6 is 22.9 Å². The molecule has 3 rings (SSSR count). The quantitative estimate of drug-likeness (QED) is 0.782. The average Bonchev–Trinajstić information content (AvgIpc) is 2.88. The van der Waals surface area contributed by atoms with Crippen LogP contribution in [0.3, 0.4) is 0 Å². The lowest BCUT2D eigenvalue weighted by atomic mass is 10.1. The summed E-state index contributed by atoms with van der Waals surface area (Å²) in [5, 5.41) is 13.8. The summed E-state index contributed by atoms with van der Waals surface area (Å²) in [7, 11) is 0. The lowest BCUT2D eigenvalue weighted by Crippen LogP contribution is -2.22. The van der Waals surface area contributed by atoms with Gasteiger partial charge in [0.1, 0.15) is 10.7 Å². The van der Waals surface area contributed by atoms with Crippen molar-refractivity contribution in [3.63, 3.8) is 0 Å². The lowest BCUT2D eigenvalue weighted by Gasteiger charge is -2.00. The second-order valence-electron chi connectivity index (χ2n) is 4.48. The van der Waals surface area contributed by atoms with Crippen molar-refractivity contribution in [2.75, 3.05) is 6.54 Å². The smallest absolute Gasteiger partial charge is 0.297 e. The third-order valence-corrected chi connectivity index (χ3v) is 4.15. The summed E-state index contributed by atoms with van der Waals surface area (Å²) in [4.78, 5) is 12.9. The number of halogens is 1. The Bertz CT molecular complexity index is 827. The van der Waals surface area contributed by atoms with E-state index in [4.69, 9.17) is 17.3 Å². The van der Waals surface area contributed by atoms with E-state index in [0.717, 1.165) is 10.6 Å². The minimum Gasteiger partial charge on any atom is -0.330 e. The largest absolute Gasteiger partial charge is 0.330 e. The highest BCUT2D eigenvalue weighted by atomic mass is 35.5. The van der Waals surface area contributed by atoms with E-state index < -0.39 is 0 Å². The van der Waals surface area contributed by atoms with Gasteiger partial charge in [0.2, 0.25) is 4.96 Å².